The fourth-order valence-corrected chi connectivity index (χ4v) is 3.46. The third-order valence-corrected chi connectivity index (χ3v) is 5.22. The maximum absolute atomic E-state index is 12.5. The molecule has 0 fully saturated rings. The van der Waals surface area contributed by atoms with Gasteiger partial charge in [0.15, 0.2) is 0 Å². The van der Waals surface area contributed by atoms with Crippen molar-refractivity contribution in [2.75, 3.05) is 23.7 Å². The Hall–Kier alpha value is -2.54. The van der Waals surface area contributed by atoms with Gasteiger partial charge in [0.05, 0.1) is 16.1 Å². The highest BCUT2D eigenvalue weighted by atomic mass is 32.2. The topological polar surface area (TPSA) is 86.7 Å². The highest BCUT2D eigenvalue weighted by Gasteiger charge is 2.17. The summed E-state index contributed by atoms with van der Waals surface area (Å²) in [6.07, 6.45) is 0. The Kier molecular flexibility index (Phi) is 5.37. The van der Waals surface area contributed by atoms with Crippen molar-refractivity contribution >= 4 is 27.4 Å². The van der Waals surface area contributed by atoms with Crippen LogP contribution in [0.2, 0.25) is 0 Å². The first-order chi connectivity index (χ1) is 11.6. The van der Waals surface area contributed by atoms with Crippen LogP contribution in [0.3, 0.4) is 0 Å². The number of sulfonamides is 1. The Morgan fingerprint density at radius 1 is 1.08 bits per heavy atom. The van der Waals surface area contributed by atoms with Gasteiger partial charge in [-0.3, -0.25) is 4.72 Å². The zero-order chi connectivity index (χ0) is 18.8. The molecule has 7 heteroatoms. The first-order valence-corrected chi connectivity index (χ1v) is 9.27. The largest absolute Gasteiger partial charge is 0.478 e. The lowest BCUT2D eigenvalue weighted by atomic mass is 10.0. The van der Waals surface area contributed by atoms with Crippen LogP contribution in [-0.2, 0) is 10.0 Å². The molecule has 0 saturated heterocycles. The molecule has 25 heavy (non-hydrogen) atoms. The van der Waals surface area contributed by atoms with E-state index in [9.17, 15) is 18.3 Å². The molecule has 2 rings (SSSR count). The van der Waals surface area contributed by atoms with Crippen LogP contribution in [0.1, 0.15) is 35.7 Å². The van der Waals surface area contributed by atoms with Gasteiger partial charge < -0.3 is 10.0 Å². The quantitative estimate of drug-likeness (QED) is 0.823. The summed E-state index contributed by atoms with van der Waals surface area (Å²) in [6, 6.07) is 11.1. The predicted octanol–water partition coefficient (Wildman–Crippen LogP) is 3.38. The summed E-state index contributed by atoms with van der Waals surface area (Å²) >= 11 is 0. The average Bonchev–Trinajstić information content (AvgIpc) is 2.54. The van der Waals surface area contributed by atoms with E-state index >= 15 is 0 Å². The van der Waals surface area contributed by atoms with Gasteiger partial charge in [0.25, 0.3) is 10.0 Å². The zero-order valence-electron chi connectivity index (χ0n) is 14.6. The molecule has 2 aromatic carbocycles. The molecule has 0 spiro atoms. The van der Waals surface area contributed by atoms with Gasteiger partial charge in [-0.15, -0.1) is 0 Å². The van der Waals surface area contributed by atoms with E-state index in [1.807, 2.05) is 13.8 Å². The second-order valence-electron chi connectivity index (χ2n) is 6.26. The third kappa shape index (κ3) is 4.30. The van der Waals surface area contributed by atoms with E-state index in [0.717, 1.165) is 5.56 Å². The molecule has 2 aromatic rings. The Balaban J connectivity index is 2.34. The van der Waals surface area contributed by atoms with Crippen LogP contribution in [0.25, 0.3) is 0 Å². The van der Waals surface area contributed by atoms with Gasteiger partial charge in [-0.1, -0.05) is 26.0 Å². The highest BCUT2D eigenvalue weighted by Crippen LogP contribution is 2.25. The number of benzene rings is 2. The highest BCUT2D eigenvalue weighted by molar-refractivity contribution is 7.92. The average molecular weight is 362 g/mol. The fraction of sp³-hybridized carbons (Fsp3) is 0.278. The van der Waals surface area contributed by atoms with Crippen molar-refractivity contribution in [1.29, 1.82) is 0 Å². The molecule has 0 heterocycles. The van der Waals surface area contributed by atoms with Gasteiger partial charge in [0, 0.05) is 19.8 Å². The normalized spacial score (nSPS) is 11.4. The molecular weight excluding hydrogens is 340 g/mol. The molecule has 2 N–H and O–H groups in total. The molecule has 0 bridgehead atoms. The minimum atomic E-state index is -3.79. The summed E-state index contributed by atoms with van der Waals surface area (Å²) < 4.78 is 27.5. The van der Waals surface area contributed by atoms with Crippen LogP contribution < -0.4 is 9.62 Å². The summed E-state index contributed by atoms with van der Waals surface area (Å²) in [6.45, 7) is 4.06. The number of carboxylic acids is 1. The van der Waals surface area contributed by atoms with E-state index in [4.69, 9.17) is 0 Å². The maximum Gasteiger partial charge on any atom is 0.337 e. The van der Waals surface area contributed by atoms with Crippen LogP contribution >= 0.6 is 0 Å². The van der Waals surface area contributed by atoms with E-state index in [-0.39, 0.29) is 16.1 Å². The Morgan fingerprint density at radius 2 is 1.68 bits per heavy atom. The lowest BCUT2D eigenvalue weighted by molar-refractivity contribution is 0.0697. The number of aromatic carboxylic acids is 1. The first kappa shape index (κ1) is 18.8. The Bertz CT molecular complexity index is 872. The molecule has 0 radical (unpaired) electrons. The second-order valence-corrected chi connectivity index (χ2v) is 7.94. The van der Waals surface area contributed by atoms with Crippen LogP contribution in [0.4, 0.5) is 11.4 Å². The van der Waals surface area contributed by atoms with Crippen molar-refractivity contribution < 1.29 is 18.3 Å². The molecule has 0 atom stereocenters. The minimum Gasteiger partial charge on any atom is -0.478 e. The number of hydrogen-bond donors (Lipinski definition) is 2. The molecule has 134 valence electrons. The van der Waals surface area contributed by atoms with Crippen LogP contribution in [-0.4, -0.2) is 33.6 Å². The van der Waals surface area contributed by atoms with Crippen molar-refractivity contribution in [2.24, 2.45) is 0 Å². The van der Waals surface area contributed by atoms with Gasteiger partial charge in [-0.25, -0.2) is 13.2 Å². The standard InChI is InChI=1S/C18H22N2O4S/c1-12(2)13-5-8-15(9-6-13)25(23,24)19-14-7-10-17(20(3)4)16(11-14)18(21)22/h5-12,19H,1-4H3,(H,21,22). The summed E-state index contributed by atoms with van der Waals surface area (Å²) in [4.78, 5) is 13.2. The predicted molar refractivity (Wildman–Crippen MR) is 99.1 cm³/mol. The van der Waals surface area contributed by atoms with E-state index in [1.165, 1.54) is 6.07 Å². The molecular formula is C18H22N2O4S. The summed E-state index contributed by atoms with van der Waals surface area (Å²) in [5.74, 6) is -0.813. The van der Waals surface area contributed by atoms with Gasteiger partial charge in [-0.05, 0) is 41.8 Å². The van der Waals surface area contributed by atoms with Gasteiger partial charge in [-0.2, -0.15) is 0 Å². The van der Waals surface area contributed by atoms with Crippen molar-refractivity contribution in [3.05, 3.63) is 53.6 Å². The van der Waals surface area contributed by atoms with Crippen molar-refractivity contribution in [2.45, 2.75) is 24.7 Å². The minimum absolute atomic E-state index is 0.0281. The number of rotatable bonds is 6. The molecule has 0 saturated carbocycles. The van der Waals surface area contributed by atoms with E-state index < -0.39 is 16.0 Å². The molecule has 0 aromatic heterocycles. The van der Waals surface area contributed by atoms with E-state index in [2.05, 4.69) is 4.72 Å². The van der Waals surface area contributed by atoms with Crippen LogP contribution in [0, 0.1) is 0 Å². The molecule has 6 nitrogen and oxygen atoms in total. The van der Waals surface area contributed by atoms with E-state index in [1.54, 1.807) is 55.4 Å². The lowest BCUT2D eigenvalue weighted by Crippen LogP contribution is -2.16. The second kappa shape index (κ2) is 7.14. The van der Waals surface area contributed by atoms with Crippen molar-refractivity contribution in [3.63, 3.8) is 0 Å². The monoisotopic (exact) mass is 362 g/mol. The number of hydrogen-bond acceptors (Lipinski definition) is 4. The first-order valence-electron chi connectivity index (χ1n) is 7.79. The Labute approximate surface area is 148 Å². The fourth-order valence-electron chi connectivity index (χ4n) is 2.41. The van der Waals surface area contributed by atoms with Gasteiger partial charge in [0.1, 0.15) is 0 Å². The molecule has 0 aliphatic heterocycles. The van der Waals surface area contributed by atoms with Crippen molar-refractivity contribution in [1.82, 2.24) is 0 Å². The van der Waals surface area contributed by atoms with Crippen LogP contribution in [0.5, 0.6) is 0 Å². The number of carboxylic acid groups (broad SMARTS) is 1. The van der Waals surface area contributed by atoms with Gasteiger partial charge in [0.2, 0.25) is 0 Å². The molecule has 0 amide bonds. The van der Waals surface area contributed by atoms with Crippen molar-refractivity contribution in [3.8, 4) is 0 Å². The number of carbonyl (C=O) groups is 1. The summed E-state index contributed by atoms with van der Waals surface area (Å²) in [5, 5.41) is 9.33. The molecule has 0 aliphatic carbocycles. The molecule has 0 unspecified atom stereocenters. The van der Waals surface area contributed by atoms with Crippen LogP contribution in [0.15, 0.2) is 47.4 Å². The number of nitrogens with one attached hydrogen (secondary N) is 1. The maximum atomic E-state index is 12.5. The van der Waals surface area contributed by atoms with E-state index in [0.29, 0.717) is 11.6 Å². The smallest absolute Gasteiger partial charge is 0.337 e. The number of nitrogens with zero attached hydrogens (tertiary/aromatic N) is 1. The van der Waals surface area contributed by atoms with Gasteiger partial charge >= 0.3 is 5.97 Å². The summed E-state index contributed by atoms with van der Waals surface area (Å²) in [5.41, 5.74) is 1.77. The zero-order valence-corrected chi connectivity index (χ0v) is 15.5. The Morgan fingerprint density at radius 3 is 2.16 bits per heavy atom. The SMILES string of the molecule is CC(C)c1ccc(S(=O)(=O)Nc2ccc(N(C)C)c(C(=O)O)c2)cc1. The molecule has 0 aliphatic rings. The summed E-state index contributed by atoms with van der Waals surface area (Å²) in [7, 11) is -0.340. The third-order valence-electron chi connectivity index (χ3n) is 3.82. The lowest BCUT2D eigenvalue weighted by Gasteiger charge is -2.17. The number of anilines is 2.